The van der Waals surface area contributed by atoms with Crippen molar-refractivity contribution in [3.8, 4) is 0 Å². The Morgan fingerprint density at radius 2 is 2.12 bits per heavy atom. The van der Waals surface area contributed by atoms with Gasteiger partial charge in [0.1, 0.15) is 11.9 Å². The van der Waals surface area contributed by atoms with Crippen molar-refractivity contribution in [2.75, 3.05) is 33.8 Å². The summed E-state index contributed by atoms with van der Waals surface area (Å²) in [5.74, 6) is 0.828. The molecule has 3 rings (SSSR count). The number of nitrogens with zero attached hydrogens (tertiary/aromatic N) is 3. The SMILES string of the molecule is Cc1cnc([C@H]2CN(C(=O)c3ccc(CN(C)C)cc3)CCO2)[nH]1. The number of hydrogen-bond acceptors (Lipinski definition) is 4. The summed E-state index contributed by atoms with van der Waals surface area (Å²) in [6, 6.07) is 7.84. The summed E-state index contributed by atoms with van der Waals surface area (Å²) in [6.07, 6.45) is 1.59. The average molecular weight is 328 g/mol. The number of ether oxygens (including phenoxy) is 1. The van der Waals surface area contributed by atoms with Crippen molar-refractivity contribution in [3.05, 3.63) is 53.1 Å². The normalized spacial score (nSPS) is 18.2. The van der Waals surface area contributed by atoms with E-state index in [-0.39, 0.29) is 12.0 Å². The van der Waals surface area contributed by atoms with Gasteiger partial charge in [0, 0.05) is 30.5 Å². The third-order valence-electron chi connectivity index (χ3n) is 4.08. The number of morpholine rings is 1. The van der Waals surface area contributed by atoms with Crippen LogP contribution in [0.5, 0.6) is 0 Å². The number of aryl methyl sites for hydroxylation is 1. The molecule has 1 N–H and O–H groups in total. The summed E-state index contributed by atoms with van der Waals surface area (Å²) in [7, 11) is 4.06. The minimum Gasteiger partial charge on any atom is -0.367 e. The smallest absolute Gasteiger partial charge is 0.254 e. The Kier molecular flexibility index (Phi) is 4.97. The topological polar surface area (TPSA) is 61.5 Å². The van der Waals surface area contributed by atoms with E-state index < -0.39 is 0 Å². The Morgan fingerprint density at radius 3 is 2.75 bits per heavy atom. The van der Waals surface area contributed by atoms with Crippen LogP contribution in [0.4, 0.5) is 0 Å². The first-order chi connectivity index (χ1) is 11.5. The van der Waals surface area contributed by atoms with Crippen molar-refractivity contribution < 1.29 is 9.53 Å². The summed E-state index contributed by atoms with van der Waals surface area (Å²) >= 11 is 0. The molecule has 1 aromatic carbocycles. The maximum absolute atomic E-state index is 12.7. The first-order valence-corrected chi connectivity index (χ1v) is 8.19. The average Bonchev–Trinajstić information content (AvgIpc) is 3.01. The molecule has 0 unspecified atom stereocenters. The van der Waals surface area contributed by atoms with Crippen LogP contribution in [0.2, 0.25) is 0 Å². The first-order valence-electron chi connectivity index (χ1n) is 8.19. The van der Waals surface area contributed by atoms with E-state index in [9.17, 15) is 4.79 Å². The van der Waals surface area contributed by atoms with Gasteiger partial charge in [0.2, 0.25) is 0 Å². The molecule has 1 amide bonds. The largest absolute Gasteiger partial charge is 0.367 e. The second kappa shape index (κ2) is 7.15. The van der Waals surface area contributed by atoms with Gasteiger partial charge in [-0.2, -0.15) is 0 Å². The number of aromatic nitrogens is 2. The number of hydrogen-bond donors (Lipinski definition) is 1. The number of aromatic amines is 1. The van der Waals surface area contributed by atoms with Gasteiger partial charge in [-0.25, -0.2) is 4.98 Å². The fourth-order valence-corrected chi connectivity index (χ4v) is 2.90. The number of carbonyl (C=O) groups is 1. The molecule has 1 atom stereocenters. The lowest BCUT2D eigenvalue weighted by molar-refractivity contribution is -0.0264. The molecule has 1 aliphatic heterocycles. The van der Waals surface area contributed by atoms with Gasteiger partial charge in [-0.3, -0.25) is 4.79 Å². The van der Waals surface area contributed by atoms with Crippen LogP contribution >= 0.6 is 0 Å². The molecule has 24 heavy (non-hydrogen) atoms. The van der Waals surface area contributed by atoms with E-state index in [1.54, 1.807) is 6.20 Å². The Balaban J connectivity index is 1.67. The van der Waals surface area contributed by atoms with E-state index >= 15 is 0 Å². The summed E-state index contributed by atoms with van der Waals surface area (Å²) in [4.78, 5) is 24.2. The number of carbonyl (C=O) groups excluding carboxylic acids is 1. The van der Waals surface area contributed by atoms with Crippen LogP contribution in [-0.2, 0) is 11.3 Å². The van der Waals surface area contributed by atoms with Gasteiger partial charge < -0.3 is 19.5 Å². The standard InChI is InChI=1S/C18H24N4O2/c1-13-10-19-17(20-13)16-12-22(8-9-24-16)18(23)15-6-4-14(5-7-15)11-21(2)3/h4-7,10,16H,8-9,11-12H2,1-3H3,(H,19,20)/t16-/m1/s1. The van der Waals surface area contributed by atoms with E-state index in [0.717, 1.165) is 18.1 Å². The number of H-pyrrole nitrogens is 1. The van der Waals surface area contributed by atoms with Crippen LogP contribution in [0, 0.1) is 6.92 Å². The fraction of sp³-hybridized carbons (Fsp3) is 0.444. The number of benzene rings is 1. The van der Waals surface area contributed by atoms with Crippen LogP contribution in [-0.4, -0.2) is 59.5 Å². The Labute approximate surface area is 142 Å². The van der Waals surface area contributed by atoms with Crippen molar-refractivity contribution in [3.63, 3.8) is 0 Å². The van der Waals surface area contributed by atoms with Crippen molar-refractivity contribution in [1.82, 2.24) is 19.8 Å². The molecular formula is C18H24N4O2. The molecule has 0 aliphatic carbocycles. The van der Waals surface area contributed by atoms with Crippen molar-refractivity contribution >= 4 is 5.91 Å². The molecule has 128 valence electrons. The van der Waals surface area contributed by atoms with E-state index in [1.165, 1.54) is 5.56 Å². The molecule has 0 bridgehead atoms. The minimum absolute atomic E-state index is 0.0444. The summed E-state index contributed by atoms with van der Waals surface area (Å²) in [5, 5.41) is 0. The summed E-state index contributed by atoms with van der Waals surface area (Å²) in [6.45, 7) is 4.47. The molecule has 1 aromatic heterocycles. The lowest BCUT2D eigenvalue weighted by atomic mass is 10.1. The molecule has 6 heteroatoms. The highest BCUT2D eigenvalue weighted by Crippen LogP contribution is 2.21. The van der Waals surface area contributed by atoms with Gasteiger partial charge in [0.15, 0.2) is 0 Å². The zero-order valence-electron chi connectivity index (χ0n) is 14.5. The van der Waals surface area contributed by atoms with Gasteiger partial charge in [0.05, 0.1) is 13.2 Å². The van der Waals surface area contributed by atoms with Crippen LogP contribution in [0.3, 0.4) is 0 Å². The molecule has 2 aromatic rings. The molecule has 2 heterocycles. The van der Waals surface area contributed by atoms with Gasteiger partial charge in [-0.05, 0) is 38.7 Å². The lowest BCUT2D eigenvalue weighted by Gasteiger charge is -2.32. The van der Waals surface area contributed by atoms with E-state index in [4.69, 9.17) is 4.74 Å². The van der Waals surface area contributed by atoms with Gasteiger partial charge in [0.25, 0.3) is 5.91 Å². The van der Waals surface area contributed by atoms with E-state index in [2.05, 4.69) is 14.9 Å². The van der Waals surface area contributed by atoms with Gasteiger partial charge in [-0.15, -0.1) is 0 Å². The molecule has 0 radical (unpaired) electrons. The zero-order chi connectivity index (χ0) is 17.1. The van der Waals surface area contributed by atoms with Crippen LogP contribution in [0.25, 0.3) is 0 Å². The van der Waals surface area contributed by atoms with Crippen molar-refractivity contribution in [1.29, 1.82) is 0 Å². The van der Waals surface area contributed by atoms with E-state index in [0.29, 0.717) is 25.3 Å². The maximum atomic E-state index is 12.7. The molecule has 1 fully saturated rings. The maximum Gasteiger partial charge on any atom is 0.254 e. The molecular weight excluding hydrogens is 304 g/mol. The molecule has 6 nitrogen and oxygen atoms in total. The summed E-state index contributed by atoms with van der Waals surface area (Å²) < 4.78 is 5.76. The predicted molar refractivity (Wildman–Crippen MR) is 91.8 cm³/mol. The van der Waals surface area contributed by atoms with E-state index in [1.807, 2.05) is 50.2 Å². The van der Waals surface area contributed by atoms with Crippen LogP contribution in [0.15, 0.2) is 30.5 Å². The van der Waals surface area contributed by atoms with Crippen LogP contribution < -0.4 is 0 Å². The quantitative estimate of drug-likeness (QED) is 0.932. The minimum atomic E-state index is -0.190. The highest BCUT2D eigenvalue weighted by atomic mass is 16.5. The second-order valence-electron chi connectivity index (χ2n) is 6.50. The zero-order valence-corrected chi connectivity index (χ0v) is 14.5. The third kappa shape index (κ3) is 3.83. The van der Waals surface area contributed by atoms with Crippen molar-refractivity contribution in [2.24, 2.45) is 0 Å². The second-order valence-corrected chi connectivity index (χ2v) is 6.50. The first kappa shape index (κ1) is 16.7. The highest BCUT2D eigenvalue weighted by molar-refractivity contribution is 5.94. The monoisotopic (exact) mass is 328 g/mol. The number of nitrogens with one attached hydrogen (secondary N) is 1. The fourth-order valence-electron chi connectivity index (χ4n) is 2.90. The van der Waals surface area contributed by atoms with Crippen LogP contribution in [0.1, 0.15) is 33.5 Å². The highest BCUT2D eigenvalue weighted by Gasteiger charge is 2.27. The van der Waals surface area contributed by atoms with Crippen molar-refractivity contribution in [2.45, 2.75) is 19.6 Å². The molecule has 1 aliphatic rings. The third-order valence-corrected chi connectivity index (χ3v) is 4.08. The molecule has 1 saturated heterocycles. The predicted octanol–water partition coefficient (Wildman–Crippen LogP) is 1.99. The number of imidazole rings is 1. The number of amides is 1. The Bertz CT molecular complexity index is 693. The van der Waals surface area contributed by atoms with Gasteiger partial charge in [-0.1, -0.05) is 12.1 Å². The Morgan fingerprint density at radius 1 is 1.38 bits per heavy atom. The molecule has 0 spiro atoms. The summed E-state index contributed by atoms with van der Waals surface area (Å²) in [5.41, 5.74) is 2.91. The lowest BCUT2D eigenvalue weighted by Crippen LogP contribution is -2.42. The molecule has 0 saturated carbocycles. The Hall–Kier alpha value is -2.18. The number of rotatable bonds is 4. The van der Waals surface area contributed by atoms with Gasteiger partial charge >= 0.3 is 0 Å².